The van der Waals surface area contributed by atoms with Crippen LogP contribution in [-0.2, 0) is 40.5 Å². The Morgan fingerprint density at radius 1 is 0.938 bits per heavy atom. The molecule has 6 nitrogen and oxygen atoms in total. The van der Waals surface area contributed by atoms with E-state index in [9.17, 15) is 9.00 Å². The lowest BCUT2D eigenvalue weighted by Crippen LogP contribution is -2.50. The van der Waals surface area contributed by atoms with Gasteiger partial charge >= 0.3 is 17.3 Å². The number of benzene rings is 3. The van der Waals surface area contributed by atoms with E-state index in [4.69, 9.17) is 17.8 Å². The first kappa shape index (κ1) is 19.3. The number of esters is 1. The van der Waals surface area contributed by atoms with Crippen molar-refractivity contribution in [2.75, 3.05) is 7.11 Å². The first-order valence-electron chi connectivity index (χ1n) is 10.1. The van der Waals surface area contributed by atoms with Gasteiger partial charge in [-0.25, -0.2) is 8.98 Å². The monoisotopic (exact) mass is 446 g/mol. The molecule has 0 bridgehead atoms. The van der Waals surface area contributed by atoms with Crippen LogP contribution in [0.3, 0.4) is 0 Å². The van der Waals surface area contributed by atoms with Gasteiger partial charge in [0.1, 0.15) is 5.75 Å². The van der Waals surface area contributed by atoms with Crippen molar-refractivity contribution in [1.82, 2.24) is 0 Å². The quantitative estimate of drug-likeness (QED) is 0.566. The van der Waals surface area contributed by atoms with Crippen LogP contribution < -0.4 is 4.74 Å². The maximum Gasteiger partial charge on any atom is 0.361 e. The Bertz CT molecular complexity index is 1290. The van der Waals surface area contributed by atoms with E-state index in [2.05, 4.69) is 0 Å². The summed E-state index contributed by atoms with van der Waals surface area (Å²) in [6.45, 7) is 0. The number of hydrogen-bond donors (Lipinski definition) is 0. The van der Waals surface area contributed by atoms with Gasteiger partial charge in [0.2, 0.25) is 5.60 Å². The third kappa shape index (κ3) is 2.22. The van der Waals surface area contributed by atoms with E-state index in [0.29, 0.717) is 11.3 Å². The number of carbonyl (C=O) groups is 1. The van der Waals surface area contributed by atoms with Crippen molar-refractivity contribution in [3.63, 3.8) is 0 Å². The van der Waals surface area contributed by atoms with Gasteiger partial charge in [-0.1, -0.05) is 78.9 Å². The molecule has 3 aromatic carbocycles. The Hall–Kier alpha value is -3.42. The number of hydrogen-bond acceptors (Lipinski definition) is 6. The predicted octanol–water partition coefficient (Wildman–Crippen LogP) is 4.02. The smallest absolute Gasteiger partial charge is 0.361 e. The van der Waals surface area contributed by atoms with E-state index in [0.717, 1.165) is 11.1 Å². The zero-order chi connectivity index (χ0) is 21.9. The summed E-state index contributed by atoms with van der Waals surface area (Å²) in [5, 5.41) is 0. The van der Waals surface area contributed by atoms with Crippen molar-refractivity contribution in [3.05, 3.63) is 113 Å². The van der Waals surface area contributed by atoms with E-state index < -0.39 is 34.5 Å². The minimum Gasteiger partial charge on any atom is -0.477 e. The van der Waals surface area contributed by atoms with Crippen LogP contribution in [0.4, 0.5) is 0 Å². The number of carbonyl (C=O) groups excluding carboxylic acids is 1. The fourth-order valence-electron chi connectivity index (χ4n) is 5.29. The molecule has 4 atom stereocenters. The molecular weight excluding hydrogens is 428 g/mol. The summed E-state index contributed by atoms with van der Waals surface area (Å²) in [5.41, 5.74) is -0.204. The molecule has 0 N–H and O–H groups in total. The third-order valence-corrected chi connectivity index (χ3v) is 7.09. The van der Waals surface area contributed by atoms with E-state index >= 15 is 0 Å². The van der Waals surface area contributed by atoms with Crippen LogP contribution >= 0.6 is 0 Å². The highest BCUT2D eigenvalue weighted by Gasteiger charge is 2.79. The lowest BCUT2D eigenvalue weighted by Gasteiger charge is -2.40. The molecule has 32 heavy (non-hydrogen) atoms. The molecule has 0 radical (unpaired) electrons. The second-order valence-electron chi connectivity index (χ2n) is 7.83. The van der Waals surface area contributed by atoms with Crippen molar-refractivity contribution < 1.29 is 26.8 Å². The zero-order valence-electron chi connectivity index (χ0n) is 17.0. The Morgan fingerprint density at radius 2 is 1.59 bits per heavy atom. The Labute approximate surface area is 187 Å². The number of methoxy groups -OCH3 is 1. The zero-order valence-corrected chi connectivity index (χ0v) is 17.8. The molecule has 0 saturated carbocycles. The molecule has 6 rings (SSSR count). The van der Waals surface area contributed by atoms with Gasteiger partial charge in [0.15, 0.2) is 11.4 Å². The van der Waals surface area contributed by atoms with Crippen molar-refractivity contribution in [2.45, 2.75) is 17.1 Å². The highest BCUT2D eigenvalue weighted by molar-refractivity contribution is 7.75. The molecule has 160 valence electrons. The molecule has 1 aliphatic carbocycles. The molecule has 2 aliphatic heterocycles. The second kappa shape index (κ2) is 6.79. The lowest BCUT2D eigenvalue weighted by atomic mass is 9.69. The Balaban J connectivity index is 1.78. The van der Waals surface area contributed by atoms with Gasteiger partial charge in [-0.05, 0) is 11.6 Å². The molecule has 0 aromatic heterocycles. The van der Waals surface area contributed by atoms with E-state index in [1.165, 1.54) is 7.11 Å². The number of para-hydroxylation sites is 1. The van der Waals surface area contributed by atoms with Crippen LogP contribution in [0, 0.1) is 0 Å². The molecule has 1 saturated heterocycles. The van der Waals surface area contributed by atoms with Gasteiger partial charge < -0.3 is 13.7 Å². The maximum absolute atomic E-state index is 13.2. The van der Waals surface area contributed by atoms with Gasteiger partial charge in [0, 0.05) is 11.1 Å². The first-order chi connectivity index (χ1) is 15.6. The topological polar surface area (TPSA) is 71.1 Å². The number of ether oxygens (including phenoxy) is 2. The molecule has 1 fully saturated rings. The SMILES string of the molecule is COC(=O)C1=C2OS(=O)O[C@@]23c2ccccc2O[C@@]3(c2ccccc2)[C@@H]1c1ccccc1. The normalized spacial score (nSPS) is 29.5. The average molecular weight is 446 g/mol. The molecule has 7 heteroatoms. The van der Waals surface area contributed by atoms with Gasteiger partial charge in [-0.15, -0.1) is 0 Å². The summed E-state index contributed by atoms with van der Waals surface area (Å²) in [6.07, 6.45) is 0. The summed E-state index contributed by atoms with van der Waals surface area (Å²) in [6, 6.07) is 26.5. The molecule has 0 amide bonds. The Morgan fingerprint density at radius 3 is 2.31 bits per heavy atom. The minimum atomic E-state index is -2.11. The minimum absolute atomic E-state index is 0.172. The molecule has 1 unspecified atom stereocenters. The van der Waals surface area contributed by atoms with Crippen LogP contribution in [0.1, 0.15) is 22.6 Å². The summed E-state index contributed by atoms with van der Waals surface area (Å²) < 4.78 is 36.5. The van der Waals surface area contributed by atoms with Gasteiger partial charge in [-0.3, -0.25) is 0 Å². The van der Waals surface area contributed by atoms with Crippen molar-refractivity contribution in [3.8, 4) is 5.75 Å². The van der Waals surface area contributed by atoms with Crippen LogP contribution in [0.25, 0.3) is 0 Å². The fraction of sp³-hybridized carbons (Fsp3) is 0.160. The van der Waals surface area contributed by atoms with Gasteiger partial charge in [0.25, 0.3) is 0 Å². The molecule has 3 aliphatic rings. The summed E-state index contributed by atoms with van der Waals surface area (Å²) >= 11 is -2.11. The number of rotatable bonds is 3. The summed E-state index contributed by atoms with van der Waals surface area (Å²) in [7, 11) is 1.31. The first-order valence-corrected chi connectivity index (χ1v) is 11.1. The van der Waals surface area contributed by atoms with Crippen LogP contribution in [-0.4, -0.2) is 17.3 Å². The highest BCUT2D eigenvalue weighted by Crippen LogP contribution is 2.72. The third-order valence-electron chi connectivity index (χ3n) is 6.41. The van der Waals surface area contributed by atoms with Crippen molar-refractivity contribution in [1.29, 1.82) is 0 Å². The molecule has 1 spiro atoms. The van der Waals surface area contributed by atoms with E-state index in [-0.39, 0.29) is 11.3 Å². The van der Waals surface area contributed by atoms with Crippen LogP contribution in [0.15, 0.2) is 96.3 Å². The van der Waals surface area contributed by atoms with Gasteiger partial charge in [0.05, 0.1) is 18.6 Å². The van der Waals surface area contributed by atoms with Crippen LogP contribution in [0.5, 0.6) is 5.75 Å². The average Bonchev–Trinajstić information content (AvgIpc) is 3.40. The lowest BCUT2D eigenvalue weighted by molar-refractivity contribution is -0.137. The predicted molar refractivity (Wildman–Crippen MR) is 115 cm³/mol. The maximum atomic E-state index is 13.2. The number of fused-ring (bicyclic) bond motifs is 1. The van der Waals surface area contributed by atoms with E-state index in [1.54, 1.807) is 0 Å². The molecular formula is C25H18O6S. The molecule has 3 aromatic rings. The van der Waals surface area contributed by atoms with Crippen molar-refractivity contribution in [2.24, 2.45) is 0 Å². The Kier molecular flexibility index (Phi) is 4.09. The second-order valence-corrected chi connectivity index (χ2v) is 8.57. The summed E-state index contributed by atoms with van der Waals surface area (Å²) in [4.78, 5) is 13.2. The largest absolute Gasteiger partial charge is 0.477 e. The fourth-order valence-corrected chi connectivity index (χ4v) is 6.16. The van der Waals surface area contributed by atoms with Crippen LogP contribution in [0.2, 0.25) is 0 Å². The van der Waals surface area contributed by atoms with Crippen molar-refractivity contribution >= 4 is 17.3 Å². The molecule has 2 heterocycles. The van der Waals surface area contributed by atoms with E-state index in [1.807, 2.05) is 84.9 Å². The van der Waals surface area contributed by atoms with Gasteiger partial charge in [-0.2, -0.15) is 4.21 Å². The standard InChI is InChI=1S/C25H18O6S/c1-28-23(26)20-21(16-10-4-2-5-11-16)24(17-12-6-3-7-13-17)25(22(20)30-32(27)31-25)18-14-8-9-15-19(18)29-24/h2-15,21H,1H3/t21-,24+,25+,32?/m1/s1. The summed E-state index contributed by atoms with van der Waals surface area (Å²) in [5.74, 6) is -0.466. The highest BCUT2D eigenvalue weighted by atomic mass is 32.2.